The number of hydrogen-bond donors (Lipinski definition) is 2. The molecule has 3 N–H and O–H groups in total. The molecular formula is C18H16N2O4S2. The van der Waals surface area contributed by atoms with Crippen molar-refractivity contribution in [1.29, 1.82) is 0 Å². The fourth-order valence-corrected chi connectivity index (χ4v) is 5.21. The fourth-order valence-electron chi connectivity index (χ4n) is 3.40. The topological polar surface area (TPSA) is 106 Å². The monoisotopic (exact) mass is 388 g/mol. The Morgan fingerprint density at radius 3 is 2.27 bits per heavy atom. The summed E-state index contributed by atoms with van der Waals surface area (Å²) >= 11 is 0. The lowest BCUT2D eigenvalue weighted by molar-refractivity contribution is 0.596. The molecule has 3 aromatic carbocycles. The summed E-state index contributed by atoms with van der Waals surface area (Å²) < 4.78 is 51.3. The molecule has 0 unspecified atom stereocenters. The normalized spacial score (nSPS) is 13.9. The molecule has 0 radical (unpaired) electrons. The Morgan fingerprint density at radius 1 is 0.846 bits per heavy atom. The number of anilines is 1. The molecule has 0 bridgehead atoms. The lowest BCUT2D eigenvalue weighted by Gasteiger charge is -2.12. The molecule has 0 atom stereocenters. The number of aryl methyl sites for hydroxylation is 2. The van der Waals surface area contributed by atoms with Gasteiger partial charge in [-0.2, -0.15) is 0 Å². The molecule has 0 spiro atoms. The van der Waals surface area contributed by atoms with Crippen LogP contribution >= 0.6 is 0 Å². The zero-order valence-electron chi connectivity index (χ0n) is 13.6. The maximum Gasteiger partial charge on any atom is 0.262 e. The maximum absolute atomic E-state index is 12.9. The number of nitrogens with two attached hydrogens (primary N) is 1. The van der Waals surface area contributed by atoms with Crippen LogP contribution < -0.4 is 9.86 Å². The Morgan fingerprint density at radius 2 is 1.54 bits per heavy atom. The largest absolute Gasteiger partial charge is 0.280 e. The third-order valence-electron chi connectivity index (χ3n) is 4.54. The summed E-state index contributed by atoms with van der Waals surface area (Å²) in [6.07, 6.45) is 1.81. The van der Waals surface area contributed by atoms with Crippen LogP contribution in [0.1, 0.15) is 11.1 Å². The van der Waals surface area contributed by atoms with E-state index in [-0.39, 0.29) is 15.5 Å². The molecule has 0 aromatic heterocycles. The van der Waals surface area contributed by atoms with E-state index in [1.165, 1.54) is 24.3 Å². The average Bonchev–Trinajstić information content (AvgIpc) is 2.99. The minimum Gasteiger partial charge on any atom is -0.280 e. The van der Waals surface area contributed by atoms with Gasteiger partial charge < -0.3 is 0 Å². The van der Waals surface area contributed by atoms with E-state index in [1.54, 1.807) is 12.1 Å². The molecule has 8 heteroatoms. The SMILES string of the molecule is NS(=O)(=O)c1cccc(NS(=O)(=O)c2ccc3c4c(cccc24)CC3)c1. The van der Waals surface area contributed by atoms with E-state index in [9.17, 15) is 16.8 Å². The van der Waals surface area contributed by atoms with Crippen LogP contribution in [0.5, 0.6) is 0 Å². The summed E-state index contributed by atoms with van der Waals surface area (Å²) in [4.78, 5) is 0.0131. The molecule has 0 aliphatic heterocycles. The van der Waals surface area contributed by atoms with Gasteiger partial charge in [0.05, 0.1) is 15.5 Å². The number of primary sulfonamides is 1. The highest BCUT2D eigenvalue weighted by molar-refractivity contribution is 7.93. The zero-order chi connectivity index (χ0) is 18.5. The van der Waals surface area contributed by atoms with Gasteiger partial charge in [-0.25, -0.2) is 22.0 Å². The van der Waals surface area contributed by atoms with E-state index < -0.39 is 20.0 Å². The van der Waals surface area contributed by atoms with Crippen molar-refractivity contribution >= 4 is 36.5 Å². The summed E-state index contributed by atoms with van der Waals surface area (Å²) in [6, 6.07) is 14.5. The first-order valence-corrected chi connectivity index (χ1v) is 11.0. The first-order valence-electron chi connectivity index (χ1n) is 7.95. The number of rotatable bonds is 4. The molecule has 0 saturated heterocycles. The number of sulfonamides is 2. The van der Waals surface area contributed by atoms with Crippen LogP contribution in [0.4, 0.5) is 5.69 Å². The summed E-state index contributed by atoms with van der Waals surface area (Å²) in [5.41, 5.74) is 2.43. The second-order valence-electron chi connectivity index (χ2n) is 6.24. The van der Waals surface area contributed by atoms with Crippen LogP contribution in [-0.2, 0) is 32.9 Å². The van der Waals surface area contributed by atoms with Crippen LogP contribution in [0.15, 0.2) is 64.4 Å². The van der Waals surface area contributed by atoms with Gasteiger partial charge in [0.1, 0.15) is 0 Å². The van der Waals surface area contributed by atoms with Gasteiger partial charge in [0, 0.05) is 5.39 Å². The van der Waals surface area contributed by atoms with Gasteiger partial charge in [0.25, 0.3) is 10.0 Å². The molecule has 26 heavy (non-hydrogen) atoms. The summed E-state index contributed by atoms with van der Waals surface area (Å²) in [5, 5.41) is 6.78. The van der Waals surface area contributed by atoms with Crippen molar-refractivity contribution < 1.29 is 16.8 Å². The molecule has 0 fully saturated rings. The van der Waals surface area contributed by atoms with Crippen LogP contribution in [-0.4, -0.2) is 16.8 Å². The first kappa shape index (κ1) is 17.0. The third kappa shape index (κ3) is 2.86. The number of hydrogen-bond acceptors (Lipinski definition) is 4. The fraction of sp³-hybridized carbons (Fsp3) is 0.111. The Labute approximate surface area is 151 Å². The van der Waals surface area contributed by atoms with Crippen molar-refractivity contribution in [3.63, 3.8) is 0 Å². The molecule has 0 amide bonds. The minimum atomic E-state index is -3.92. The van der Waals surface area contributed by atoms with Gasteiger partial charge in [-0.05, 0) is 53.6 Å². The van der Waals surface area contributed by atoms with Gasteiger partial charge in [-0.1, -0.05) is 30.3 Å². The van der Waals surface area contributed by atoms with Crippen LogP contribution in [0.3, 0.4) is 0 Å². The van der Waals surface area contributed by atoms with E-state index in [1.807, 2.05) is 18.2 Å². The first-order chi connectivity index (χ1) is 12.3. The molecule has 0 heterocycles. The van der Waals surface area contributed by atoms with Crippen LogP contribution in [0, 0.1) is 0 Å². The quantitative estimate of drug-likeness (QED) is 0.716. The highest BCUT2D eigenvalue weighted by Gasteiger charge is 2.23. The standard InChI is InChI=1S/C18H16N2O4S2/c19-25(21,22)15-5-2-4-14(11-15)20-26(23,24)17-10-9-13-8-7-12-3-1-6-16(17)18(12)13/h1-6,9-11,20H,7-8H2,(H2,19,21,22). The Hall–Kier alpha value is -2.42. The predicted octanol–water partition coefficient (Wildman–Crippen LogP) is 2.39. The minimum absolute atomic E-state index is 0.139. The molecule has 1 aliphatic rings. The lowest BCUT2D eigenvalue weighted by atomic mass is 10.1. The molecule has 6 nitrogen and oxygen atoms in total. The predicted molar refractivity (Wildman–Crippen MR) is 100.0 cm³/mol. The van der Waals surface area contributed by atoms with Crippen molar-refractivity contribution in [3.8, 4) is 0 Å². The molecule has 1 aliphatic carbocycles. The second kappa shape index (κ2) is 5.80. The summed E-state index contributed by atoms with van der Waals surface area (Å²) in [6.45, 7) is 0. The molecule has 4 rings (SSSR count). The zero-order valence-corrected chi connectivity index (χ0v) is 15.3. The molecule has 0 saturated carbocycles. The van der Waals surface area contributed by atoms with Crippen molar-refractivity contribution in [2.24, 2.45) is 5.14 Å². The van der Waals surface area contributed by atoms with Gasteiger partial charge in [0.15, 0.2) is 0 Å². The number of benzene rings is 3. The molecule has 134 valence electrons. The van der Waals surface area contributed by atoms with E-state index in [2.05, 4.69) is 4.72 Å². The average molecular weight is 388 g/mol. The highest BCUT2D eigenvalue weighted by atomic mass is 32.2. The van der Waals surface area contributed by atoms with Crippen molar-refractivity contribution in [2.75, 3.05) is 4.72 Å². The summed E-state index contributed by atoms with van der Waals surface area (Å²) in [7, 11) is -7.81. The van der Waals surface area contributed by atoms with Crippen LogP contribution in [0.25, 0.3) is 10.8 Å². The van der Waals surface area contributed by atoms with Crippen LogP contribution in [0.2, 0.25) is 0 Å². The Bertz CT molecular complexity index is 1240. The van der Waals surface area contributed by atoms with Crippen molar-refractivity contribution in [1.82, 2.24) is 0 Å². The molecule has 3 aromatic rings. The Kier molecular flexibility index (Phi) is 3.80. The van der Waals surface area contributed by atoms with Crippen molar-refractivity contribution in [2.45, 2.75) is 22.6 Å². The van der Waals surface area contributed by atoms with Gasteiger partial charge >= 0.3 is 0 Å². The van der Waals surface area contributed by atoms with Crippen molar-refractivity contribution in [3.05, 3.63) is 65.7 Å². The van der Waals surface area contributed by atoms with E-state index >= 15 is 0 Å². The maximum atomic E-state index is 12.9. The summed E-state index contributed by atoms with van der Waals surface area (Å²) in [5.74, 6) is 0. The Balaban J connectivity index is 1.81. The van der Waals surface area contributed by atoms with E-state index in [4.69, 9.17) is 5.14 Å². The van der Waals surface area contributed by atoms with Gasteiger partial charge in [-0.3, -0.25) is 4.72 Å². The van der Waals surface area contributed by atoms with E-state index in [0.29, 0.717) is 5.39 Å². The number of nitrogens with one attached hydrogen (secondary N) is 1. The third-order valence-corrected chi connectivity index (χ3v) is 6.89. The smallest absolute Gasteiger partial charge is 0.262 e. The van der Waals surface area contributed by atoms with E-state index in [0.717, 1.165) is 29.4 Å². The molecular weight excluding hydrogens is 372 g/mol. The highest BCUT2D eigenvalue weighted by Crippen LogP contribution is 2.35. The van der Waals surface area contributed by atoms with Gasteiger partial charge in [-0.15, -0.1) is 0 Å². The lowest BCUT2D eigenvalue weighted by Crippen LogP contribution is -2.15. The second-order valence-corrected chi connectivity index (χ2v) is 9.45. The van der Waals surface area contributed by atoms with Gasteiger partial charge in [0.2, 0.25) is 10.0 Å².